The van der Waals surface area contributed by atoms with Crippen molar-refractivity contribution in [2.24, 2.45) is 0 Å². The number of amides is 2. The van der Waals surface area contributed by atoms with Gasteiger partial charge in [-0.1, -0.05) is 12.1 Å². The van der Waals surface area contributed by atoms with Crippen LogP contribution in [0.25, 0.3) is 11.3 Å². The molecular weight excluding hydrogens is 296 g/mol. The minimum absolute atomic E-state index is 0.0611. The van der Waals surface area contributed by atoms with Crippen LogP contribution in [0.5, 0.6) is 0 Å². The van der Waals surface area contributed by atoms with Gasteiger partial charge >= 0.3 is 6.03 Å². The molecule has 0 fully saturated rings. The molecule has 0 radical (unpaired) electrons. The molecular formula is C16H16N4O3. The van der Waals surface area contributed by atoms with Crippen LogP contribution in [0.3, 0.4) is 0 Å². The van der Waals surface area contributed by atoms with Crippen LogP contribution in [0, 0.1) is 0 Å². The number of carbonyl (C=O) groups is 1. The van der Waals surface area contributed by atoms with E-state index >= 15 is 0 Å². The number of rotatable bonds is 5. The molecule has 1 atom stereocenters. The topological polar surface area (TPSA) is 103 Å². The van der Waals surface area contributed by atoms with Crippen molar-refractivity contribution in [2.45, 2.75) is 6.10 Å². The predicted molar refractivity (Wildman–Crippen MR) is 84.7 cm³/mol. The largest absolute Gasteiger partial charge is 0.467 e. The van der Waals surface area contributed by atoms with Gasteiger partial charge in [-0.2, -0.15) is 5.10 Å². The average molecular weight is 312 g/mol. The van der Waals surface area contributed by atoms with Crippen LogP contribution >= 0.6 is 0 Å². The first-order valence-electron chi connectivity index (χ1n) is 7.08. The lowest BCUT2D eigenvalue weighted by Gasteiger charge is -2.11. The molecule has 0 bridgehead atoms. The fourth-order valence-corrected chi connectivity index (χ4v) is 2.10. The Morgan fingerprint density at radius 3 is 2.74 bits per heavy atom. The number of hydrogen-bond donors (Lipinski definition) is 4. The van der Waals surface area contributed by atoms with Gasteiger partial charge in [0, 0.05) is 11.9 Å². The lowest BCUT2D eigenvalue weighted by atomic mass is 10.1. The Labute approximate surface area is 132 Å². The van der Waals surface area contributed by atoms with Gasteiger partial charge in [0.15, 0.2) is 0 Å². The van der Waals surface area contributed by atoms with E-state index in [-0.39, 0.29) is 6.54 Å². The van der Waals surface area contributed by atoms with Crippen molar-refractivity contribution in [3.63, 3.8) is 0 Å². The molecule has 3 rings (SSSR count). The molecule has 1 unspecified atom stereocenters. The van der Waals surface area contributed by atoms with Crippen LogP contribution in [0.2, 0.25) is 0 Å². The Balaban J connectivity index is 1.51. The maximum atomic E-state index is 11.8. The molecule has 0 spiro atoms. The first-order valence-corrected chi connectivity index (χ1v) is 7.08. The summed E-state index contributed by atoms with van der Waals surface area (Å²) in [4.78, 5) is 11.8. The number of nitrogens with zero attached hydrogens (tertiary/aromatic N) is 1. The number of nitrogens with one attached hydrogen (secondary N) is 3. The standard InChI is InChI=1S/C16H16N4O3/c21-14(15-2-1-9-23-15)10-17-16(22)19-12-5-3-11(4-6-12)13-7-8-18-20-13/h1-9,14,21H,10H2,(H,18,20)(H2,17,19,22). The SMILES string of the molecule is O=C(NCC(O)c1ccco1)Nc1ccc(-c2ccn[nH]2)cc1. The number of benzene rings is 1. The monoisotopic (exact) mass is 312 g/mol. The molecule has 23 heavy (non-hydrogen) atoms. The van der Waals surface area contributed by atoms with Gasteiger partial charge in [-0.3, -0.25) is 5.10 Å². The van der Waals surface area contributed by atoms with Gasteiger partial charge in [0.05, 0.1) is 18.5 Å². The van der Waals surface area contributed by atoms with Gasteiger partial charge in [0.25, 0.3) is 0 Å². The number of aliphatic hydroxyl groups is 1. The highest BCUT2D eigenvalue weighted by Gasteiger charge is 2.11. The van der Waals surface area contributed by atoms with Crippen molar-refractivity contribution in [1.29, 1.82) is 0 Å². The number of furan rings is 1. The minimum atomic E-state index is -0.876. The van der Waals surface area contributed by atoms with Crippen molar-refractivity contribution >= 4 is 11.7 Å². The second-order valence-corrected chi connectivity index (χ2v) is 4.91. The highest BCUT2D eigenvalue weighted by Crippen LogP contribution is 2.18. The van der Waals surface area contributed by atoms with Crippen molar-refractivity contribution in [3.05, 3.63) is 60.7 Å². The van der Waals surface area contributed by atoms with Gasteiger partial charge in [-0.05, 0) is 35.9 Å². The van der Waals surface area contributed by atoms with E-state index in [2.05, 4.69) is 20.8 Å². The Bertz CT molecular complexity index is 736. The number of hydrogen-bond acceptors (Lipinski definition) is 4. The number of carbonyl (C=O) groups excluding carboxylic acids is 1. The van der Waals surface area contributed by atoms with Gasteiger partial charge in [0.1, 0.15) is 11.9 Å². The van der Waals surface area contributed by atoms with E-state index in [9.17, 15) is 9.90 Å². The van der Waals surface area contributed by atoms with Crippen LogP contribution in [0.4, 0.5) is 10.5 Å². The van der Waals surface area contributed by atoms with Crippen molar-refractivity contribution < 1.29 is 14.3 Å². The molecule has 2 aromatic heterocycles. The number of urea groups is 1. The molecule has 0 saturated carbocycles. The molecule has 2 heterocycles. The summed E-state index contributed by atoms with van der Waals surface area (Å²) in [5, 5.41) is 21.9. The normalized spacial score (nSPS) is 11.9. The highest BCUT2D eigenvalue weighted by molar-refractivity contribution is 5.89. The number of anilines is 1. The summed E-state index contributed by atoms with van der Waals surface area (Å²) in [6, 6.07) is 12.1. The number of aromatic nitrogens is 2. The Kier molecular flexibility index (Phi) is 4.39. The third-order valence-corrected chi connectivity index (χ3v) is 3.28. The zero-order chi connectivity index (χ0) is 16.1. The van der Waals surface area contributed by atoms with Crippen LogP contribution in [-0.2, 0) is 0 Å². The maximum Gasteiger partial charge on any atom is 0.319 e. The molecule has 0 aliphatic rings. The van der Waals surface area contributed by atoms with Gasteiger partial charge < -0.3 is 20.2 Å². The molecule has 4 N–H and O–H groups in total. The van der Waals surface area contributed by atoms with Crippen molar-refractivity contribution in [3.8, 4) is 11.3 Å². The summed E-state index contributed by atoms with van der Waals surface area (Å²) < 4.78 is 5.06. The zero-order valence-corrected chi connectivity index (χ0v) is 12.2. The smallest absolute Gasteiger partial charge is 0.319 e. The predicted octanol–water partition coefficient (Wildman–Crippen LogP) is 2.52. The summed E-state index contributed by atoms with van der Waals surface area (Å²) in [5.74, 6) is 0.411. The summed E-state index contributed by atoms with van der Waals surface area (Å²) in [6.45, 7) is 0.0611. The van der Waals surface area contributed by atoms with Gasteiger partial charge in [-0.15, -0.1) is 0 Å². The number of H-pyrrole nitrogens is 1. The fraction of sp³-hybridized carbons (Fsp3) is 0.125. The van der Waals surface area contributed by atoms with E-state index in [4.69, 9.17) is 4.42 Å². The summed E-state index contributed by atoms with van der Waals surface area (Å²) in [5.41, 5.74) is 2.53. The highest BCUT2D eigenvalue weighted by atomic mass is 16.4. The Hall–Kier alpha value is -3.06. The molecule has 0 aliphatic heterocycles. The number of aliphatic hydroxyl groups excluding tert-OH is 1. The average Bonchev–Trinajstić information content (AvgIpc) is 3.26. The molecule has 1 aromatic carbocycles. The van der Waals surface area contributed by atoms with Crippen LogP contribution in [0.1, 0.15) is 11.9 Å². The molecule has 7 heteroatoms. The molecule has 2 amide bonds. The van der Waals surface area contributed by atoms with Gasteiger partial charge in [-0.25, -0.2) is 4.79 Å². The third-order valence-electron chi connectivity index (χ3n) is 3.28. The quantitative estimate of drug-likeness (QED) is 0.581. The van der Waals surface area contributed by atoms with E-state index in [0.29, 0.717) is 11.4 Å². The Morgan fingerprint density at radius 1 is 1.26 bits per heavy atom. The van der Waals surface area contributed by atoms with E-state index in [1.165, 1.54) is 6.26 Å². The summed E-state index contributed by atoms with van der Waals surface area (Å²) in [6.07, 6.45) is 2.28. The minimum Gasteiger partial charge on any atom is -0.467 e. The second-order valence-electron chi connectivity index (χ2n) is 4.91. The molecule has 0 aliphatic carbocycles. The Morgan fingerprint density at radius 2 is 2.09 bits per heavy atom. The van der Waals surface area contributed by atoms with Crippen LogP contribution in [-0.4, -0.2) is 27.9 Å². The van der Waals surface area contributed by atoms with Crippen LogP contribution < -0.4 is 10.6 Å². The first-order chi connectivity index (χ1) is 11.2. The number of aromatic amines is 1. The fourth-order valence-electron chi connectivity index (χ4n) is 2.10. The summed E-state index contributed by atoms with van der Waals surface area (Å²) in [7, 11) is 0. The lowest BCUT2D eigenvalue weighted by molar-refractivity contribution is 0.149. The molecule has 7 nitrogen and oxygen atoms in total. The van der Waals surface area contributed by atoms with E-state index < -0.39 is 12.1 Å². The molecule has 3 aromatic rings. The van der Waals surface area contributed by atoms with Gasteiger partial charge in [0.2, 0.25) is 0 Å². The second kappa shape index (κ2) is 6.80. The van der Waals surface area contributed by atoms with E-state index in [0.717, 1.165) is 11.3 Å². The zero-order valence-electron chi connectivity index (χ0n) is 12.2. The van der Waals surface area contributed by atoms with Crippen molar-refractivity contribution in [2.75, 3.05) is 11.9 Å². The van der Waals surface area contributed by atoms with E-state index in [1.807, 2.05) is 18.2 Å². The maximum absolute atomic E-state index is 11.8. The van der Waals surface area contributed by atoms with Crippen molar-refractivity contribution in [1.82, 2.24) is 15.5 Å². The first kappa shape index (κ1) is 14.9. The van der Waals surface area contributed by atoms with Crippen LogP contribution in [0.15, 0.2) is 59.3 Å². The lowest BCUT2D eigenvalue weighted by Crippen LogP contribution is -2.32. The molecule has 118 valence electrons. The molecule has 0 saturated heterocycles. The van der Waals surface area contributed by atoms with E-state index in [1.54, 1.807) is 30.5 Å². The third kappa shape index (κ3) is 3.78. The summed E-state index contributed by atoms with van der Waals surface area (Å²) >= 11 is 0.